The van der Waals surface area contributed by atoms with Crippen LogP contribution < -0.4 is 9.46 Å². The summed E-state index contributed by atoms with van der Waals surface area (Å²) in [6.07, 6.45) is 0. The minimum Gasteiger partial charge on any atom is -0.494 e. The number of halogens is 1. The first-order chi connectivity index (χ1) is 11.8. The average Bonchev–Trinajstić information content (AvgIpc) is 2.61. The second-order valence-electron chi connectivity index (χ2n) is 5.45. The van der Waals surface area contributed by atoms with Crippen molar-refractivity contribution < 1.29 is 27.4 Å². The third-order valence-electron chi connectivity index (χ3n) is 3.68. The van der Waals surface area contributed by atoms with Gasteiger partial charge >= 0.3 is 0 Å². The first kappa shape index (κ1) is 19.3. The van der Waals surface area contributed by atoms with Crippen molar-refractivity contribution in [3.05, 3.63) is 59.9 Å². The van der Waals surface area contributed by atoms with Gasteiger partial charge in [-0.3, -0.25) is 0 Å². The Labute approximate surface area is 146 Å². The number of rotatable bonds is 8. The van der Waals surface area contributed by atoms with Gasteiger partial charge in [0.2, 0.25) is 10.0 Å². The molecule has 136 valence electrons. The summed E-state index contributed by atoms with van der Waals surface area (Å²) >= 11 is 0. The SMILES string of the molecule is COC[C@](O)(CNS(=O)(=O)c1ccc(OC)c(F)c1)c1ccccc1. The molecular weight excluding hydrogens is 349 g/mol. The smallest absolute Gasteiger partial charge is 0.240 e. The number of benzene rings is 2. The van der Waals surface area contributed by atoms with E-state index in [4.69, 9.17) is 9.47 Å². The highest BCUT2D eigenvalue weighted by molar-refractivity contribution is 7.89. The molecule has 0 fully saturated rings. The van der Waals surface area contributed by atoms with Crippen LogP contribution >= 0.6 is 0 Å². The summed E-state index contributed by atoms with van der Waals surface area (Å²) in [6, 6.07) is 11.9. The summed E-state index contributed by atoms with van der Waals surface area (Å²) in [7, 11) is -1.34. The molecule has 0 unspecified atom stereocenters. The summed E-state index contributed by atoms with van der Waals surface area (Å²) in [4.78, 5) is -0.265. The van der Waals surface area contributed by atoms with E-state index >= 15 is 0 Å². The van der Waals surface area contributed by atoms with Gasteiger partial charge in [-0.1, -0.05) is 30.3 Å². The highest BCUT2D eigenvalue weighted by Gasteiger charge is 2.31. The predicted octanol–water partition coefficient (Wildman–Crippen LogP) is 1.65. The maximum atomic E-state index is 13.8. The lowest BCUT2D eigenvalue weighted by Crippen LogP contribution is -2.43. The Kier molecular flexibility index (Phi) is 6.12. The number of hydrogen-bond acceptors (Lipinski definition) is 5. The van der Waals surface area contributed by atoms with Gasteiger partial charge in [0.25, 0.3) is 0 Å². The maximum absolute atomic E-state index is 13.8. The summed E-state index contributed by atoms with van der Waals surface area (Å²) in [5.74, 6) is -0.847. The van der Waals surface area contributed by atoms with Gasteiger partial charge in [0.05, 0.1) is 18.6 Å². The zero-order chi connectivity index (χ0) is 18.5. The molecule has 0 amide bonds. The Morgan fingerprint density at radius 3 is 2.40 bits per heavy atom. The van der Waals surface area contributed by atoms with Crippen molar-refractivity contribution in [2.45, 2.75) is 10.5 Å². The molecule has 2 N–H and O–H groups in total. The van der Waals surface area contributed by atoms with Crippen molar-refractivity contribution in [3.63, 3.8) is 0 Å². The Morgan fingerprint density at radius 1 is 1.16 bits per heavy atom. The van der Waals surface area contributed by atoms with Crippen molar-refractivity contribution in [1.29, 1.82) is 0 Å². The van der Waals surface area contributed by atoms with Gasteiger partial charge in [0, 0.05) is 13.7 Å². The lowest BCUT2D eigenvalue weighted by atomic mass is 9.95. The average molecular weight is 369 g/mol. The van der Waals surface area contributed by atoms with E-state index in [1.54, 1.807) is 30.3 Å². The Morgan fingerprint density at radius 2 is 1.84 bits per heavy atom. The molecule has 2 rings (SSSR count). The minimum absolute atomic E-state index is 0.0564. The van der Waals surface area contributed by atoms with Gasteiger partial charge in [-0.2, -0.15) is 0 Å². The zero-order valence-electron chi connectivity index (χ0n) is 13.9. The van der Waals surface area contributed by atoms with Gasteiger partial charge in [0.1, 0.15) is 5.60 Å². The molecule has 0 radical (unpaired) electrons. The molecular formula is C17H20FNO5S. The van der Waals surface area contributed by atoms with E-state index in [0.29, 0.717) is 5.56 Å². The highest BCUT2D eigenvalue weighted by atomic mass is 32.2. The molecule has 0 bridgehead atoms. The minimum atomic E-state index is -4.03. The van der Waals surface area contributed by atoms with Crippen molar-refractivity contribution in [3.8, 4) is 5.75 Å². The quantitative estimate of drug-likeness (QED) is 0.739. The van der Waals surface area contributed by atoms with Gasteiger partial charge in [-0.05, 0) is 23.8 Å². The summed E-state index contributed by atoms with van der Waals surface area (Å²) in [6.45, 7) is -0.447. The molecule has 2 aromatic rings. The molecule has 25 heavy (non-hydrogen) atoms. The second-order valence-corrected chi connectivity index (χ2v) is 7.22. The first-order valence-electron chi connectivity index (χ1n) is 7.42. The number of methoxy groups -OCH3 is 2. The Bertz CT molecular complexity index is 813. The summed E-state index contributed by atoms with van der Waals surface area (Å²) in [5.41, 5.74) is -1.06. The maximum Gasteiger partial charge on any atom is 0.240 e. The number of nitrogens with one attached hydrogen (secondary N) is 1. The molecule has 1 atom stereocenters. The van der Waals surface area contributed by atoms with Crippen LogP contribution in [0.2, 0.25) is 0 Å². The van der Waals surface area contributed by atoms with Crippen molar-refractivity contribution >= 4 is 10.0 Å². The van der Waals surface area contributed by atoms with E-state index in [1.807, 2.05) is 0 Å². The van der Waals surface area contributed by atoms with E-state index in [1.165, 1.54) is 26.4 Å². The Balaban J connectivity index is 2.23. The lowest BCUT2D eigenvalue weighted by Gasteiger charge is -2.28. The van der Waals surface area contributed by atoms with Crippen LogP contribution in [0.3, 0.4) is 0 Å². The summed E-state index contributed by atoms with van der Waals surface area (Å²) in [5, 5.41) is 10.8. The van der Waals surface area contributed by atoms with Crippen LogP contribution in [0.15, 0.2) is 53.4 Å². The first-order valence-corrected chi connectivity index (χ1v) is 8.91. The van der Waals surface area contributed by atoms with E-state index < -0.39 is 21.4 Å². The topological polar surface area (TPSA) is 84.9 Å². The van der Waals surface area contributed by atoms with Crippen LogP contribution in [-0.4, -0.2) is 40.9 Å². The monoisotopic (exact) mass is 369 g/mol. The lowest BCUT2D eigenvalue weighted by molar-refractivity contribution is -0.0310. The van der Waals surface area contributed by atoms with Gasteiger partial charge < -0.3 is 14.6 Å². The third kappa shape index (κ3) is 4.55. The van der Waals surface area contributed by atoms with Crippen LogP contribution in [-0.2, 0) is 20.4 Å². The van der Waals surface area contributed by atoms with Gasteiger partial charge in [0.15, 0.2) is 11.6 Å². The van der Waals surface area contributed by atoms with E-state index in [2.05, 4.69) is 4.72 Å². The van der Waals surface area contributed by atoms with Crippen molar-refractivity contribution in [2.24, 2.45) is 0 Å². The van der Waals surface area contributed by atoms with Gasteiger partial charge in [-0.15, -0.1) is 0 Å². The molecule has 0 aliphatic rings. The molecule has 2 aromatic carbocycles. The fraction of sp³-hybridized carbons (Fsp3) is 0.294. The normalized spacial score (nSPS) is 14.1. The molecule has 0 spiro atoms. The Hall–Kier alpha value is -2.00. The predicted molar refractivity (Wildman–Crippen MR) is 90.4 cm³/mol. The molecule has 0 aliphatic carbocycles. The zero-order valence-corrected chi connectivity index (χ0v) is 14.7. The largest absolute Gasteiger partial charge is 0.494 e. The van der Waals surface area contributed by atoms with E-state index in [0.717, 1.165) is 6.07 Å². The van der Waals surface area contributed by atoms with Gasteiger partial charge in [-0.25, -0.2) is 17.5 Å². The van der Waals surface area contributed by atoms with Crippen LogP contribution in [0.4, 0.5) is 4.39 Å². The van der Waals surface area contributed by atoms with Crippen LogP contribution in [0, 0.1) is 5.82 Å². The third-order valence-corrected chi connectivity index (χ3v) is 5.08. The van der Waals surface area contributed by atoms with E-state index in [9.17, 15) is 17.9 Å². The molecule has 8 heteroatoms. The fourth-order valence-electron chi connectivity index (χ4n) is 2.34. The fourth-order valence-corrected chi connectivity index (χ4v) is 3.44. The van der Waals surface area contributed by atoms with Crippen molar-refractivity contribution in [1.82, 2.24) is 4.72 Å². The van der Waals surface area contributed by atoms with E-state index in [-0.39, 0.29) is 23.8 Å². The molecule has 0 saturated heterocycles. The van der Waals surface area contributed by atoms with Crippen LogP contribution in [0.5, 0.6) is 5.75 Å². The molecule has 6 nitrogen and oxygen atoms in total. The van der Waals surface area contributed by atoms with Crippen LogP contribution in [0.1, 0.15) is 5.56 Å². The second kappa shape index (κ2) is 7.92. The molecule has 0 saturated carbocycles. The standard InChI is InChI=1S/C17H20FNO5S/c1-23-12-17(20,13-6-4-3-5-7-13)11-19-25(21,22)14-8-9-16(24-2)15(18)10-14/h3-10,19-20H,11-12H2,1-2H3/t17-/m1/s1. The van der Waals surface area contributed by atoms with Crippen molar-refractivity contribution in [2.75, 3.05) is 27.4 Å². The highest BCUT2D eigenvalue weighted by Crippen LogP contribution is 2.23. The summed E-state index contributed by atoms with van der Waals surface area (Å²) < 4.78 is 50.6. The number of sulfonamides is 1. The molecule has 0 heterocycles. The number of aliphatic hydroxyl groups is 1. The number of ether oxygens (including phenoxy) is 2. The molecule has 0 aliphatic heterocycles. The van der Waals surface area contributed by atoms with Crippen LogP contribution in [0.25, 0.3) is 0 Å². The number of hydrogen-bond donors (Lipinski definition) is 2. The molecule has 0 aromatic heterocycles.